The first kappa shape index (κ1) is 18.3. The Kier molecular flexibility index (Phi) is 4.88. The molecule has 4 heteroatoms. The number of carbonyl (C=O) groups is 1. The van der Waals surface area contributed by atoms with Gasteiger partial charge in [-0.3, -0.25) is 0 Å². The average molecular weight is 374 g/mol. The van der Waals surface area contributed by atoms with Crippen LogP contribution in [-0.2, 0) is 16.0 Å². The van der Waals surface area contributed by atoms with Gasteiger partial charge in [0, 0.05) is 12.0 Å². The topological polar surface area (TPSA) is 44.8 Å². The minimum absolute atomic E-state index is 0.0214. The number of rotatable bonds is 6. The van der Waals surface area contributed by atoms with E-state index in [2.05, 4.69) is 43.0 Å². The van der Waals surface area contributed by atoms with Crippen molar-refractivity contribution >= 4 is 16.7 Å². The molecular weight excluding hydrogens is 352 g/mol. The van der Waals surface area contributed by atoms with Crippen LogP contribution in [-0.4, -0.2) is 12.3 Å². The van der Waals surface area contributed by atoms with Gasteiger partial charge in [0.25, 0.3) is 0 Å². The molecule has 0 fully saturated rings. The highest BCUT2D eigenvalue weighted by Gasteiger charge is 2.26. The molecule has 2 atom stereocenters. The molecule has 142 valence electrons. The standard InChI is InChI=1S/C24H22O4/c1-15(2)24(25)28-20-12-10-19(11-13-20)26-16(3)27-22-14-18-8-4-6-17-7-5-9-21(22)23(17)18/h4-13,16,22H,1,14H2,2-3H3. The average Bonchev–Trinajstić information content (AvgIpc) is 3.03. The summed E-state index contributed by atoms with van der Waals surface area (Å²) < 4.78 is 17.3. The maximum Gasteiger partial charge on any atom is 0.338 e. The number of hydrogen-bond acceptors (Lipinski definition) is 4. The van der Waals surface area contributed by atoms with Gasteiger partial charge in [0.15, 0.2) is 6.29 Å². The van der Waals surface area contributed by atoms with Gasteiger partial charge in [-0.25, -0.2) is 4.79 Å². The van der Waals surface area contributed by atoms with Gasteiger partial charge in [-0.2, -0.15) is 0 Å². The van der Waals surface area contributed by atoms with Gasteiger partial charge in [-0.1, -0.05) is 43.0 Å². The van der Waals surface area contributed by atoms with E-state index in [-0.39, 0.29) is 6.10 Å². The van der Waals surface area contributed by atoms with E-state index in [9.17, 15) is 4.79 Å². The van der Waals surface area contributed by atoms with Crippen molar-refractivity contribution in [3.8, 4) is 11.5 Å². The lowest BCUT2D eigenvalue weighted by molar-refractivity contribution is -0.130. The second-order valence-corrected chi connectivity index (χ2v) is 7.02. The van der Waals surface area contributed by atoms with E-state index in [1.165, 1.54) is 21.9 Å². The van der Waals surface area contributed by atoms with Crippen molar-refractivity contribution in [1.82, 2.24) is 0 Å². The number of hydrogen-bond donors (Lipinski definition) is 0. The first-order chi connectivity index (χ1) is 13.5. The Bertz CT molecular complexity index is 1030. The Morgan fingerprint density at radius 3 is 2.43 bits per heavy atom. The van der Waals surface area contributed by atoms with Gasteiger partial charge < -0.3 is 14.2 Å². The summed E-state index contributed by atoms with van der Waals surface area (Å²) in [5.74, 6) is 0.656. The fraction of sp³-hybridized carbons (Fsp3) is 0.208. The fourth-order valence-corrected chi connectivity index (χ4v) is 3.55. The molecule has 3 aromatic carbocycles. The molecule has 1 aliphatic rings. The van der Waals surface area contributed by atoms with E-state index in [0.29, 0.717) is 17.1 Å². The number of esters is 1. The van der Waals surface area contributed by atoms with Gasteiger partial charge in [0.1, 0.15) is 11.5 Å². The summed E-state index contributed by atoms with van der Waals surface area (Å²) in [5.41, 5.74) is 2.88. The molecule has 4 nitrogen and oxygen atoms in total. The Morgan fingerprint density at radius 2 is 1.71 bits per heavy atom. The van der Waals surface area contributed by atoms with Gasteiger partial charge in [0.2, 0.25) is 0 Å². The molecule has 0 aliphatic heterocycles. The second-order valence-electron chi connectivity index (χ2n) is 7.02. The predicted octanol–water partition coefficient (Wildman–Crippen LogP) is 5.36. The number of benzene rings is 3. The van der Waals surface area contributed by atoms with Crippen molar-refractivity contribution in [2.24, 2.45) is 0 Å². The normalized spacial score (nSPS) is 16.0. The Balaban J connectivity index is 1.40. The third kappa shape index (κ3) is 3.64. The molecule has 2 unspecified atom stereocenters. The van der Waals surface area contributed by atoms with Crippen molar-refractivity contribution in [2.75, 3.05) is 0 Å². The zero-order chi connectivity index (χ0) is 19.7. The zero-order valence-corrected chi connectivity index (χ0v) is 16.0. The third-order valence-electron chi connectivity index (χ3n) is 4.82. The van der Waals surface area contributed by atoms with Crippen molar-refractivity contribution < 1.29 is 19.0 Å². The first-order valence-corrected chi connectivity index (χ1v) is 9.31. The van der Waals surface area contributed by atoms with Gasteiger partial charge in [0.05, 0.1) is 6.10 Å². The largest absolute Gasteiger partial charge is 0.465 e. The zero-order valence-electron chi connectivity index (χ0n) is 16.0. The molecular formula is C24H22O4. The van der Waals surface area contributed by atoms with E-state index < -0.39 is 12.3 Å². The highest BCUT2D eigenvalue weighted by Crippen LogP contribution is 2.39. The quantitative estimate of drug-likeness (QED) is 0.252. The monoisotopic (exact) mass is 374 g/mol. The molecule has 0 spiro atoms. The van der Waals surface area contributed by atoms with Crippen molar-refractivity contribution in [1.29, 1.82) is 0 Å². The first-order valence-electron chi connectivity index (χ1n) is 9.31. The Labute approximate surface area is 164 Å². The summed E-state index contributed by atoms with van der Waals surface area (Å²) in [6.07, 6.45) is 0.408. The molecule has 0 N–H and O–H groups in total. The van der Waals surface area contributed by atoms with Crippen LogP contribution < -0.4 is 9.47 Å². The molecule has 0 aromatic heterocycles. The van der Waals surface area contributed by atoms with Gasteiger partial charge in [-0.15, -0.1) is 0 Å². The van der Waals surface area contributed by atoms with Crippen LogP contribution in [0.4, 0.5) is 0 Å². The van der Waals surface area contributed by atoms with E-state index in [1.807, 2.05) is 6.92 Å². The molecule has 0 amide bonds. The van der Waals surface area contributed by atoms with E-state index in [4.69, 9.17) is 14.2 Å². The highest BCUT2D eigenvalue weighted by molar-refractivity contribution is 5.91. The second kappa shape index (κ2) is 7.49. The lowest BCUT2D eigenvalue weighted by atomic mass is 10.1. The van der Waals surface area contributed by atoms with E-state index in [1.54, 1.807) is 31.2 Å². The van der Waals surface area contributed by atoms with E-state index >= 15 is 0 Å². The predicted molar refractivity (Wildman–Crippen MR) is 108 cm³/mol. The maximum absolute atomic E-state index is 11.6. The summed E-state index contributed by atoms with van der Waals surface area (Å²) in [6, 6.07) is 19.6. The molecule has 0 heterocycles. The van der Waals surface area contributed by atoms with Crippen LogP contribution in [0.3, 0.4) is 0 Å². The molecule has 4 rings (SSSR count). The molecule has 0 bridgehead atoms. The SMILES string of the molecule is C=C(C)C(=O)Oc1ccc(OC(C)OC2Cc3cccc4cccc2c34)cc1. The molecule has 1 aliphatic carbocycles. The summed E-state index contributed by atoms with van der Waals surface area (Å²) in [6.45, 7) is 7.07. The lowest BCUT2D eigenvalue weighted by Crippen LogP contribution is -2.19. The maximum atomic E-state index is 11.6. The smallest absolute Gasteiger partial charge is 0.338 e. The van der Waals surface area contributed by atoms with Crippen LogP contribution in [0.1, 0.15) is 31.1 Å². The summed E-state index contributed by atoms with van der Waals surface area (Å²) in [5, 5.41) is 2.54. The molecule has 0 radical (unpaired) electrons. The molecule has 0 saturated heterocycles. The van der Waals surface area contributed by atoms with Crippen molar-refractivity contribution in [3.05, 3.63) is 83.9 Å². The Morgan fingerprint density at radius 1 is 1.04 bits per heavy atom. The van der Waals surface area contributed by atoms with Crippen LogP contribution >= 0.6 is 0 Å². The van der Waals surface area contributed by atoms with Crippen LogP contribution in [0, 0.1) is 0 Å². The molecule has 0 saturated carbocycles. The van der Waals surface area contributed by atoms with Crippen molar-refractivity contribution in [2.45, 2.75) is 32.7 Å². The van der Waals surface area contributed by atoms with Gasteiger partial charge in [-0.05, 0) is 60.0 Å². The van der Waals surface area contributed by atoms with Crippen LogP contribution in [0.15, 0.2) is 72.8 Å². The third-order valence-corrected chi connectivity index (χ3v) is 4.82. The van der Waals surface area contributed by atoms with Crippen LogP contribution in [0.25, 0.3) is 10.8 Å². The van der Waals surface area contributed by atoms with Crippen LogP contribution in [0.2, 0.25) is 0 Å². The number of carbonyl (C=O) groups excluding carboxylic acids is 1. The summed E-state index contributed by atoms with van der Waals surface area (Å²) >= 11 is 0. The molecule has 3 aromatic rings. The fourth-order valence-electron chi connectivity index (χ4n) is 3.55. The van der Waals surface area contributed by atoms with Crippen molar-refractivity contribution in [3.63, 3.8) is 0 Å². The minimum atomic E-state index is -0.444. The minimum Gasteiger partial charge on any atom is -0.465 e. The van der Waals surface area contributed by atoms with Crippen LogP contribution in [0.5, 0.6) is 11.5 Å². The molecule has 28 heavy (non-hydrogen) atoms. The summed E-state index contributed by atoms with van der Waals surface area (Å²) in [4.78, 5) is 11.6. The number of ether oxygens (including phenoxy) is 3. The Hall–Kier alpha value is -3.11. The van der Waals surface area contributed by atoms with E-state index in [0.717, 1.165) is 6.42 Å². The lowest BCUT2D eigenvalue weighted by Gasteiger charge is -2.21. The van der Waals surface area contributed by atoms with Gasteiger partial charge >= 0.3 is 5.97 Å². The highest BCUT2D eigenvalue weighted by atomic mass is 16.7. The summed E-state index contributed by atoms with van der Waals surface area (Å²) in [7, 11) is 0.